The van der Waals surface area contributed by atoms with Gasteiger partial charge >= 0.3 is 0 Å². The van der Waals surface area contributed by atoms with Gasteiger partial charge in [-0.3, -0.25) is 9.59 Å². The van der Waals surface area contributed by atoms with Crippen LogP contribution < -0.4 is 0 Å². The number of hydrogen-bond donors (Lipinski definition) is 0. The lowest BCUT2D eigenvalue weighted by Crippen LogP contribution is -1.94. The lowest BCUT2D eigenvalue weighted by Gasteiger charge is -1.91. The first kappa shape index (κ1) is 9.39. The van der Waals surface area contributed by atoms with Gasteiger partial charge < -0.3 is 0 Å². The van der Waals surface area contributed by atoms with Crippen LogP contribution in [0.15, 0.2) is 36.4 Å². The smallest absolute Gasteiger partial charge is 0.186 e. The summed E-state index contributed by atoms with van der Waals surface area (Å²) in [4.78, 5) is 21.8. The summed E-state index contributed by atoms with van der Waals surface area (Å²) >= 11 is 0. The Balaban J connectivity index is 2.76. The van der Waals surface area contributed by atoms with Crippen molar-refractivity contribution in [3.05, 3.63) is 48.0 Å². The molecule has 0 saturated heterocycles. The first-order valence-corrected chi connectivity index (χ1v) is 3.90. The molecule has 0 fully saturated rings. The first-order valence-electron chi connectivity index (χ1n) is 3.90. The maximum absolute atomic E-state index is 11.3. The average molecular weight is 173 g/mol. The summed E-state index contributed by atoms with van der Waals surface area (Å²) in [6.45, 7) is 1.36. The third-order valence-electron chi connectivity index (χ3n) is 1.46. The van der Waals surface area contributed by atoms with Crippen molar-refractivity contribution < 1.29 is 9.59 Å². The Hall–Kier alpha value is -1.70. The van der Waals surface area contributed by atoms with Gasteiger partial charge in [-0.2, -0.15) is 0 Å². The van der Waals surface area contributed by atoms with Crippen LogP contribution in [0.25, 0.3) is 0 Å². The third kappa shape index (κ3) is 3.03. The van der Waals surface area contributed by atoms with E-state index in [1.807, 2.05) is 6.07 Å². The molecule has 0 aliphatic carbocycles. The zero-order valence-corrected chi connectivity index (χ0v) is 7.28. The molecule has 13 heavy (non-hydrogen) atoms. The lowest BCUT2D eigenvalue weighted by molar-refractivity contribution is -0.113. The topological polar surface area (TPSA) is 34.1 Å². The van der Waals surface area contributed by atoms with E-state index in [1.165, 1.54) is 6.92 Å². The van der Waals surface area contributed by atoms with Gasteiger partial charge in [-0.05, 0) is 13.0 Å². The molecular weight excluding hydrogens is 164 g/mol. The number of hydrogen-bond acceptors (Lipinski definition) is 2. The second kappa shape index (κ2) is 4.36. The van der Waals surface area contributed by atoms with Gasteiger partial charge in [0.15, 0.2) is 11.6 Å². The Kier molecular flexibility index (Phi) is 3.15. The molecule has 1 aromatic rings. The molecule has 0 atom stereocenters. The van der Waals surface area contributed by atoms with Crippen molar-refractivity contribution >= 4 is 11.6 Å². The Morgan fingerprint density at radius 3 is 2.38 bits per heavy atom. The highest BCUT2D eigenvalue weighted by atomic mass is 16.1. The first-order chi connectivity index (χ1) is 6.20. The van der Waals surface area contributed by atoms with Crippen molar-refractivity contribution in [1.82, 2.24) is 0 Å². The quantitative estimate of drug-likeness (QED) is 0.516. The number of rotatable bonds is 3. The fourth-order valence-corrected chi connectivity index (χ4v) is 0.853. The van der Waals surface area contributed by atoms with Gasteiger partial charge in [-0.15, -0.1) is 0 Å². The van der Waals surface area contributed by atoms with Crippen LogP contribution in [0.1, 0.15) is 17.3 Å². The number of ketones is 2. The van der Waals surface area contributed by atoms with E-state index in [0.29, 0.717) is 5.56 Å². The van der Waals surface area contributed by atoms with Crippen LogP contribution in [0, 0.1) is 6.08 Å². The van der Waals surface area contributed by atoms with Crippen molar-refractivity contribution in [2.75, 3.05) is 0 Å². The van der Waals surface area contributed by atoms with Gasteiger partial charge in [-0.25, -0.2) is 0 Å². The summed E-state index contributed by atoms with van der Waals surface area (Å²) < 4.78 is 0. The molecule has 0 aromatic heterocycles. The predicted octanol–water partition coefficient (Wildman–Crippen LogP) is 1.82. The Morgan fingerprint density at radius 2 is 1.85 bits per heavy atom. The molecular formula is C11H9O2. The van der Waals surface area contributed by atoms with Crippen LogP contribution in [0.5, 0.6) is 0 Å². The molecule has 2 heteroatoms. The summed E-state index contributed by atoms with van der Waals surface area (Å²) in [6, 6.07) is 8.76. The zero-order chi connectivity index (χ0) is 9.68. The fraction of sp³-hybridized carbons (Fsp3) is 0.0909. The Morgan fingerprint density at radius 1 is 1.23 bits per heavy atom. The van der Waals surface area contributed by atoms with E-state index in [0.717, 1.165) is 6.08 Å². The fourth-order valence-electron chi connectivity index (χ4n) is 0.853. The Bertz CT molecular complexity index is 336. The number of carbonyl (C=O) groups excluding carboxylic acids is 2. The van der Waals surface area contributed by atoms with E-state index in [4.69, 9.17) is 0 Å². The summed E-state index contributed by atoms with van der Waals surface area (Å²) in [5.74, 6) is -0.444. The van der Waals surface area contributed by atoms with Gasteiger partial charge in [0.05, 0.1) is 0 Å². The summed E-state index contributed by atoms with van der Waals surface area (Å²) in [6.07, 6.45) is 3.49. The predicted molar refractivity (Wildman–Crippen MR) is 49.3 cm³/mol. The number of allylic oxidation sites excluding steroid dienone is 2. The van der Waals surface area contributed by atoms with E-state index >= 15 is 0 Å². The molecule has 2 nitrogen and oxygen atoms in total. The second-order valence-corrected chi connectivity index (χ2v) is 2.58. The van der Waals surface area contributed by atoms with Crippen LogP contribution in [0.4, 0.5) is 0 Å². The van der Waals surface area contributed by atoms with Crippen LogP contribution in [0.2, 0.25) is 0 Å². The van der Waals surface area contributed by atoms with E-state index in [1.54, 1.807) is 24.3 Å². The van der Waals surface area contributed by atoms with Crippen molar-refractivity contribution in [3.63, 3.8) is 0 Å². The zero-order valence-electron chi connectivity index (χ0n) is 7.28. The average Bonchev–Trinajstić information content (AvgIpc) is 2.15. The van der Waals surface area contributed by atoms with Crippen molar-refractivity contribution in [3.8, 4) is 0 Å². The van der Waals surface area contributed by atoms with Crippen LogP contribution in [-0.2, 0) is 4.79 Å². The molecule has 0 bridgehead atoms. The highest BCUT2D eigenvalue weighted by molar-refractivity contribution is 6.06. The largest absolute Gasteiger partial charge is 0.294 e. The van der Waals surface area contributed by atoms with E-state index in [-0.39, 0.29) is 11.6 Å². The molecule has 0 amide bonds. The van der Waals surface area contributed by atoms with Crippen LogP contribution >= 0.6 is 0 Å². The summed E-state index contributed by atoms with van der Waals surface area (Å²) in [7, 11) is 0. The standard InChI is InChI=1S/C11H9O2/c1-9(12)7-8-11(13)10-5-3-2-4-6-10/h2-6,8H,1H3. The van der Waals surface area contributed by atoms with Crippen molar-refractivity contribution in [1.29, 1.82) is 0 Å². The van der Waals surface area contributed by atoms with Crippen LogP contribution in [0.3, 0.4) is 0 Å². The maximum atomic E-state index is 11.3. The van der Waals surface area contributed by atoms with E-state index < -0.39 is 0 Å². The number of Topliss-reactive ketones (excluding diaryl/α,β-unsaturated/α-hetero) is 1. The molecule has 0 aliphatic rings. The molecule has 1 radical (unpaired) electrons. The molecule has 1 rings (SSSR count). The molecule has 0 spiro atoms. The molecule has 0 aliphatic heterocycles. The van der Waals surface area contributed by atoms with Crippen molar-refractivity contribution in [2.45, 2.75) is 6.92 Å². The molecule has 0 unspecified atom stereocenters. The monoisotopic (exact) mass is 173 g/mol. The molecule has 0 N–H and O–H groups in total. The SMILES string of the molecule is CC(=O)/[C]=C/C(=O)c1ccccc1. The highest BCUT2D eigenvalue weighted by Crippen LogP contribution is 2.00. The Labute approximate surface area is 76.9 Å². The second-order valence-electron chi connectivity index (χ2n) is 2.58. The maximum Gasteiger partial charge on any atom is 0.186 e. The van der Waals surface area contributed by atoms with E-state index in [9.17, 15) is 9.59 Å². The summed E-state index contributed by atoms with van der Waals surface area (Å²) in [5, 5.41) is 0. The van der Waals surface area contributed by atoms with E-state index in [2.05, 4.69) is 6.08 Å². The molecule has 0 heterocycles. The molecule has 0 saturated carbocycles. The normalized spacial score (nSPS) is 10.2. The minimum absolute atomic E-state index is 0.198. The van der Waals surface area contributed by atoms with Gasteiger partial charge in [0.1, 0.15) is 0 Å². The highest BCUT2D eigenvalue weighted by Gasteiger charge is 1.99. The number of carbonyl (C=O) groups is 2. The van der Waals surface area contributed by atoms with Crippen molar-refractivity contribution in [2.24, 2.45) is 0 Å². The molecule has 1 aromatic carbocycles. The van der Waals surface area contributed by atoms with Gasteiger partial charge in [0.25, 0.3) is 0 Å². The molecule has 65 valence electrons. The van der Waals surface area contributed by atoms with Gasteiger partial charge in [0.2, 0.25) is 0 Å². The van der Waals surface area contributed by atoms with Gasteiger partial charge in [-0.1, -0.05) is 30.3 Å². The minimum Gasteiger partial charge on any atom is -0.294 e. The minimum atomic E-state index is -0.246. The summed E-state index contributed by atoms with van der Waals surface area (Å²) in [5.41, 5.74) is 0.566. The number of benzene rings is 1. The third-order valence-corrected chi connectivity index (χ3v) is 1.46. The van der Waals surface area contributed by atoms with Crippen LogP contribution in [-0.4, -0.2) is 11.6 Å². The van der Waals surface area contributed by atoms with Gasteiger partial charge in [0, 0.05) is 11.6 Å². The lowest BCUT2D eigenvalue weighted by atomic mass is 10.1.